The molecule has 0 unspecified atom stereocenters. The van der Waals surface area contributed by atoms with E-state index in [2.05, 4.69) is 19.2 Å². The van der Waals surface area contributed by atoms with Gasteiger partial charge in [0, 0.05) is 13.0 Å². The van der Waals surface area contributed by atoms with Crippen molar-refractivity contribution in [1.29, 1.82) is 0 Å². The molecule has 1 saturated carbocycles. The molecule has 0 radical (unpaired) electrons. The van der Waals surface area contributed by atoms with E-state index >= 15 is 0 Å². The zero-order chi connectivity index (χ0) is 18.4. The van der Waals surface area contributed by atoms with E-state index in [1.807, 2.05) is 18.2 Å². The molecule has 1 aliphatic rings. The largest absolute Gasteiger partial charge is 0.497 e. The minimum Gasteiger partial charge on any atom is -0.497 e. The highest BCUT2D eigenvalue weighted by Gasteiger charge is 2.28. The van der Waals surface area contributed by atoms with Crippen LogP contribution in [0.1, 0.15) is 52.0 Å². The lowest BCUT2D eigenvalue weighted by Crippen LogP contribution is -2.40. The summed E-state index contributed by atoms with van der Waals surface area (Å²) in [6, 6.07) is 7.34. The number of carbonyl (C=O) groups excluding carboxylic acids is 2. The van der Waals surface area contributed by atoms with Crippen LogP contribution in [0.5, 0.6) is 5.75 Å². The first-order valence-corrected chi connectivity index (χ1v) is 8.64. The number of benzene rings is 1. The minimum atomic E-state index is -0.519. The van der Waals surface area contributed by atoms with E-state index in [9.17, 15) is 9.59 Å². The fourth-order valence-corrected chi connectivity index (χ4v) is 2.98. The molecule has 1 fully saturated rings. The Morgan fingerprint density at radius 1 is 1.24 bits per heavy atom. The van der Waals surface area contributed by atoms with E-state index in [0.29, 0.717) is 11.2 Å². The first-order chi connectivity index (χ1) is 11.8. The molecule has 0 saturated heterocycles. The third-order valence-corrected chi connectivity index (χ3v) is 4.54. The first-order valence-electron chi connectivity index (χ1n) is 8.64. The number of nitrogens with one attached hydrogen (secondary N) is 1. The maximum atomic E-state index is 12.6. The van der Waals surface area contributed by atoms with E-state index < -0.39 is 5.97 Å². The number of ether oxygens (including phenoxy) is 2. The van der Waals surface area contributed by atoms with Crippen LogP contribution in [0.2, 0.25) is 0 Å². The Kier molecular flexibility index (Phi) is 6.23. The topological polar surface area (TPSA) is 64.6 Å². The van der Waals surface area contributed by atoms with E-state index in [1.54, 1.807) is 19.3 Å². The monoisotopic (exact) mass is 345 g/mol. The lowest BCUT2D eigenvalue weighted by Gasteiger charge is -2.34. The Morgan fingerprint density at radius 2 is 1.92 bits per heavy atom. The average Bonchev–Trinajstić information content (AvgIpc) is 2.56. The molecule has 0 atom stereocenters. The van der Waals surface area contributed by atoms with E-state index in [-0.39, 0.29) is 17.7 Å². The molecule has 5 nitrogen and oxygen atoms in total. The molecule has 0 aromatic heterocycles. The zero-order valence-electron chi connectivity index (χ0n) is 15.4. The number of hydrogen-bond acceptors (Lipinski definition) is 4. The lowest BCUT2D eigenvalue weighted by molar-refractivity contribution is -0.140. The number of amides is 1. The van der Waals surface area contributed by atoms with Gasteiger partial charge in [-0.15, -0.1) is 0 Å². The quantitative estimate of drug-likeness (QED) is 0.502. The molecule has 0 spiro atoms. The number of esters is 1. The van der Waals surface area contributed by atoms with Crippen LogP contribution < -0.4 is 10.1 Å². The van der Waals surface area contributed by atoms with Gasteiger partial charge in [0.1, 0.15) is 5.75 Å². The van der Waals surface area contributed by atoms with Gasteiger partial charge < -0.3 is 14.8 Å². The molecule has 2 rings (SSSR count). The van der Waals surface area contributed by atoms with Crippen molar-refractivity contribution in [3.63, 3.8) is 0 Å². The third-order valence-electron chi connectivity index (χ3n) is 4.54. The molecule has 136 valence electrons. The molecular formula is C20H27NO4. The van der Waals surface area contributed by atoms with Crippen molar-refractivity contribution in [2.45, 2.75) is 52.5 Å². The lowest BCUT2D eigenvalue weighted by atomic mass is 9.75. The molecule has 1 aromatic carbocycles. The number of rotatable bonds is 5. The van der Waals surface area contributed by atoms with E-state index in [0.717, 1.165) is 31.2 Å². The van der Waals surface area contributed by atoms with Gasteiger partial charge in [0.25, 0.3) is 5.91 Å². The molecule has 1 aromatic rings. The van der Waals surface area contributed by atoms with Crippen LogP contribution in [0.15, 0.2) is 30.0 Å². The van der Waals surface area contributed by atoms with Gasteiger partial charge in [-0.1, -0.05) is 26.0 Å². The molecule has 1 aliphatic carbocycles. The zero-order valence-corrected chi connectivity index (χ0v) is 15.4. The molecule has 1 amide bonds. The van der Waals surface area contributed by atoms with Crippen LogP contribution >= 0.6 is 0 Å². The van der Waals surface area contributed by atoms with E-state index in [1.165, 1.54) is 6.92 Å². The molecule has 0 aliphatic heterocycles. The van der Waals surface area contributed by atoms with Crippen molar-refractivity contribution < 1.29 is 19.1 Å². The van der Waals surface area contributed by atoms with Crippen molar-refractivity contribution in [3.8, 4) is 5.75 Å². The van der Waals surface area contributed by atoms with Crippen molar-refractivity contribution >= 4 is 18.0 Å². The Bertz CT molecular complexity index is 653. The van der Waals surface area contributed by atoms with Crippen molar-refractivity contribution in [2.24, 2.45) is 5.41 Å². The van der Waals surface area contributed by atoms with Gasteiger partial charge in [-0.25, -0.2) is 0 Å². The van der Waals surface area contributed by atoms with Gasteiger partial charge >= 0.3 is 5.97 Å². The van der Waals surface area contributed by atoms with Gasteiger partial charge in [0.2, 0.25) is 0 Å². The van der Waals surface area contributed by atoms with Crippen LogP contribution in [0.3, 0.4) is 0 Å². The molecule has 25 heavy (non-hydrogen) atoms. The second-order valence-electron chi connectivity index (χ2n) is 7.29. The van der Waals surface area contributed by atoms with Gasteiger partial charge in [-0.3, -0.25) is 9.59 Å². The van der Waals surface area contributed by atoms with Crippen LogP contribution in [0, 0.1) is 5.41 Å². The number of hydrogen-bond donors (Lipinski definition) is 1. The van der Waals surface area contributed by atoms with Crippen LogP contribution in [-0.2, 0) is 14.3 Å². The molecular weight excluding hydrogens is 318 g/mol. The molecule has 0 heterocycles. The summed E-state index contributed by atoms with van der Waals surface area (Å²) in [6.45, 7) is 5.78. The summed E-state index contributed by atoms with van der Waals surface area (Å²) < 4.78 is 10.3. The van der Waals surface area contributed by atoms with Gasteiger partial charge in [0.15, 0.2) is 5.76 Å². The Hall–Kier alpha value is -2.30. The van der Waals surface area contributed by atoms with Gasteiger partial charge in [-0.05, 0) is 54.9 Å². The highest BCUT2D eigenvalue weighted by atomic mass is 16.5. The summed E-state index contributed by atoms with van der Waals surface area (Å²) in [5.41, 5.74) is 1.06. The van der Waals surface area contributed by atoms with Gasteiger partial charge in [0.05, 0.1) is 7.11 Å². The number of methoxy groups -OCH3 is 1. The fourth-order valence-electron chi connectivity index (χ4n) is 2.98. The predicted molar refractivity (Wildman–Crippen MR) is 96.9 cm³/mol. The summed E-state index contributed by atoms with van der Waals surface area (Å²) in [7, 11) is 1.58. The average molecular weight is 345 g/mol. The predicted octanol–water partition coefficient (Wildman–Crippen LogP) is 3.68. The van der Waals surface area contributed by atoms with Crippen LogP contribution in [0.25, 0.3) is 6.08 Å². The maximum Gasteiger partial charge on any atom is 0.308 e. The highest BCUT2D eigenvalue weighted by molar-refractivity contribution is 5.98. The van der Waals surface area contributed by atoms with Crippen molar-refractivity contribution in [1.82, 2.24) is 5.32 Å². The van der Waals surface area contributed by atoms with E-state index in [4.69, 9.17) is 9.47 Å². The van der Waals surface area contributed by atoms with Crippen molar-refractivity contribution in [3.05, 3.63) is 35.6 Å². The van der Waals surface area contributed by atoms with Gasteiger partial charge in [-0.2, -0.15) is 0 Å². The number of carbonyl (C=O) groups is 2. The molecule has 0 bridgehead atoms. The SMILES string of the molecule is COc1cccc(C=C(OC(C)=O)C(=O)NC2CCC(C)(C)CC2)c1. The fraction of sp³-hybridized carbons (Fsp3) is 0.500. The second kappa shape index (κ2) is 8.19. The standard InChI is InChI=1S/C20H27NO4/c1-14(22)25-18(13-15-6-5-7-17(12-15)24-4)19(23)21-16-8-10-20(2,3)11-9-16/h5-7,12-13,16H,8-11H2,1-4H3,(H,21,23). The third kappa shape index (κ3) is 5.93. The summed E-state index contributed by atoms with van der Waals surface area (Å²) >= 11 is 0. The second-order valence-corrected chi connectivity index (χ2v) is 7.29. The Balaban J connectivity index is 2.11. The summed E-state index contributed by atoms with van der Waals surface area (Å²) in [5, 5.41) is 3.00. The molecule has 1 N–H and O–H groups in total. The maximum absolute atomic E-state index is 12.6. The summed E-state index contributed by atoms with van der Waals surface area (Å²) in [4.78, 5) is 24.0. The van der Waals surface area contributed by atoms with Crippen LogP contribution in [0.4, 0.5) is 0 Å². The normalized spacial score (nSPS) is 17.7. The summed E-state index contributed by atoms with van der Waals surface area (Å²) in [6.07, 6.45) is 5.57. The summed E-state index contributed by atoms with van der Waals surface area (Å²) in [5.74, 6) is -0.201. The molecule has 5 heteroatoms. The smallest absolute Gasteiger partial charge is 0.308 e. The Labute approximate surface area is 149 Å². The highest BCUT2D eigenvalue weighted by Crippen LogP contribution is 2.35. The van der Waals surface area contributed by atoms with Crippen molar-refractivity contribution in [2.75, 3.05) is 7.11 Å². The Morgan fingerprint density at radius 3 is 2.52 bits per heavy atom. The van der Waals surface area contributed by atoms with Crippen LogP contribution in [-0.4, -0.2) is 25.0 Å². The first kappa shape index (κ1) is 19.0. The minimum absolute atomic E-state index is 0.00517.